The Kier molecular flexibility index (Phi) is 2.70. The van der Waals surface area contributed by atoms with Gasteiger partial charge < -0.3 is 20.1 Å². The van der Waals surface area contributed by atoms with Gasteiger partial charge in [0.2, 0.25) is 0 Å². The lowest BCUT2D eigenvalue weighted by molar-refractivity contribution is 0.122. The van der Waals surface area contributed by atoms with Gasteiger partial charge in [-0.2, -0.15) is 0 Å². The molecular weight excluding hydrogens is 200 g/mol. The summed E-state index contributed by atoms with van der Waals surface area (Å²) >= 11 is 0. The molecule has 1 heterocycles. The van der Waals surface area contributed by atoms with Gasteiger partial charge in [-0.1, -0.05) is 0 Å². The van der Waals surface area contributed by atoms with E-state index in [1.807, 2.05) is 4.90 Å². The Morgan fingerprint density at radius 1 is 1.27 bits per heavy atom. The van der Waals surface area contributed by atoms with Gasteiger partial charge in [0.25, 0.3) is 10.9 Å². The summed E-state index contributed by atoms with van der Waals surface area (Å²) in [6.07, 6.45) is 0. The molecule has 15 heavy (non-hydrogen) atoms. The van der Waals surface area contributed by atoms with Crippen LogP contribution in [0.4, 0.5) is 11.4 Å². The molecule has 6 nitrogen and oxygen atoms in total. The van der Waals surface area contributed by atoms with Crippen LogP contribution in [0.2, 0.25) is 0 Å². The van der Waals surface area contributed by atoms with E-state index >= 15 is 0 Å². The second-order valence-corrected chi connectivity index (χ2v) is 3.32. The Morgan fingerprint density at radius 2 is 1.93 bits per heavy atom. The van der Waals surface area contributed by atoms with Crippen LogP contribution in [0.1, 0.15) is 0 Å². The molecule has 0 saturated carbocycles. The van der Waals surface area contributed by atoms with Gasteiger partial charge in [0, 0.05) is 13.1 Å². The van der Waals surface area contributed by atoms with Crippen LogP contribution in [-0.2, 0) is 4.74 Å². The second-order valence-electron chi connectivity index (χ2n) is 3.32. The summed E-state index contributed by atoms with van der Waals surface area (Å²) in [6, 6.07) is 0. The Hall–Kier alpha value is -1.40. The van der Waals surface area contributed by atoms with Gasteiger partial charge >= 0.3 is 0 Å². The highest BCUT2D eigenvalue weighted by molar-refractivity contribution is 5.75. The van der Waals surface area contributed by atoms with Gasteiger partial charge in [-0.25, -0.2) is 0 Å². The quantitative estimate of drug-likeness (QED) is 0.468. The Labute approximate surface area is 85.8 Å². The van der Waals surface area contributed by atoms with Gasteiger partial charge in [-0.15, -0.1) is 0 Å². The van der Waals surface area contributed by atoms with Crippen molar-refractivity contribution in [1.82, 2.24) is 0 Å². The molecular formula is C9H12N2O4. The number of nitrogens with one attached hydrogen (secondary N) is 1. The van der Waals surface area contributed by atoms with E-state index in [1.54, 1.807) is 0 Å². The fourth-order valence-electron chi connectivity index (χ4n) is 1.71. The van der Waals surface area contributed by atoms with Crippen LogP contribution in [0.15, 0.2) is 9.59 Å². The zero-order valence-electron chi connectivity index (χ0n) is 8.15. The van der Waals surface area contributed by atoms with Crippen LogP contribution < -0.4 is 21.1 Å². The van der Waals surface area contributed by atoms with Gasteiger partial charge in [0.05, 0.1) is 13.2 Å². The van der Waals surface area contributed by atoms with E-state index in [0.717, 1.165) is 0 Å². The summed E-state index contributed by atoms with van der Waals surface area (Å²) in [5.41, 5.74) is -0.417. The summed E-state index contributed by atoms with van der Waals surface area (Å²) in [6.45, 7) is 1.97. The molecule has 1 saturated heterocycles. The van der Waals surface area contributed by atoms with Crippen LogP contribution >= 0.6 is 0 Å². The van der Waals surface area contributed by atoms with Gasteiger partial charge in [-0.3, -0.25) is 9.59 Å². The number of nitrogens with zero attached hydrogens (tertiary/aromatic N) is 1. The number of anilines is 2. The van der Waals surface area contributed by atoms with Crippen molar-refractivity contribution in [3.8, 4) is 0 Å². The van der Waals surface area contributed by atoms with Crippen molar-refractivity contribution in [3.05, 3.63) is 20.4 Å². The molecule has 1 aliphatic heterocycles. The number of morpholine rings is 1. The third kappa shape index (κ3) is 1.62. The van der Waals surface area contributed by atoms with Crippen molar-refractivity contribution in [1.29, 1.82) is 0 Å². The molecule has 1 fully saturated rings. The van der Waals surface area contributed by atoms with Crippen molar-refractivity contribution < 1.29 is 9.84 Å². The van der Waals surface area contributed by atoms with Crippen molar-refractivity contribution in [2.75, 3.05) is 43.3 Å². The Bertz CT molecular complexity index is 416. The molecule has 0 aliphatic carbocycles. The van der Waals surface area contributed by atoms with Crippen molar-refractivity contribution in [2.45, 2.75) is 0 Å². The number of rotatable bonds is 3. The molecule has 1 aromatic rings. The van der Waals surface area contributed by atoms with Crippen LogP contribution in [0.25, 0.3) is 0 Å². The van der Waals surface area contributed by atoms with Crippen LogP contribution in [-0.4, -0.2) is 38.1 Å². The first-order valence-electron chi connectivity index (χ1n) is 4.76. The van der Waals surface area contributed by atoms with E-state index in [1.165, 1.54) is 0 Å². The zero-order chi connectivity index (χ0) is 10.8. The molecule has 0 radical (unpaired) electrons. The van der Waals surface area contributed by atoms with E-state index < -0.39 is 10.9 Å². The highest BCUT2D eigenvalue weighted by Crippen LogP contribution is 2.20. The third-order valence-corrected chi connectivity index (χ3v) is 2.47. The van der Waals surface area contributed by atoms with Crippen molar-refractivity contribution in [3.63, 3.8) is 0 Å². The number of aliphatic hydroxyl groups excluding tert-OH is 1. The molecule has 0 spiro atoms. The number of hydrogen-bond donors (Lipinski definition) is 2. The molecule has 0 unspecified atom stereocenters. The Morgan fingerprint density at radius 3 is 2.53 bits per heavy atom. The largest absolute Gasteiger partial charge is 0.378 e. The fourth-order valence-corrected chi connectivity index (χ4v) is 1.71. The summed E-state index contributed by atoms with van der Waals surface area (Å²) < 4.78 is 5.15. The highest BCUT2D eigenvalue weighted by atomic mass is 16.5. The van der Waals surface area contributed by atoms with E-state index in [4.69, 9.17) is 9.84 Å². The summed E-state index contributed by atoms with van der Waals surface area (Å²) in [4.78, 5) is 24.3. The molecule has 82 valence electrons. The van der Waals surface area contributed by atoms with Crippen molar-refractivity contribution >= 4 is 11.4 Å². The number of ether oxygens (including phenoxy) is 1. The van der Waals surface area contributed by atoms with E-state index in [9.17, 15) is 9.59 Å². The first kappa shape index (κ1) is 10.1. The molecule has 1 aliphatic rings. The average molecular weight is 212 g/mol. The SMILES string of the molecule is O=c1c(NCO)c(N2CCOCC2)c1=O. The molecule has 0 bridgehead atoms. The lowest BCUT2D eigenvalue weighted by Gasteiger charge is -2.30. The maximum Gasteiger partial charge on any atom is 0.253 e. The minimum absolute atomic E-state index is 0.226. The predicted octanol–water partition coefficient (Wildman–Crippen LogP) is -1.52. The van der Waals surface area contributed by atoms with Crippen molar-refractivity contribution in [2.24, 2.45) is 0 Å². The van der Waals surface area contributed by atoms with Gasteiger partial charge in [0.1, 0.15) is 18.1 Å². The monoisotopic (exact) mass is 212 g/mol. The molecule has 6 heteroatoms. The zero-order valence-corrected chi connectivity index (χ0v) is 8.15. The fraction of sp³-hybridized carbons (Fsp3) is 0.556. The van der Waals surface area contributed by atoms with Gasteiger partial charge in [-0.05, 0) is 0 Å². The minimum Gasteiger partial charge on any atom is -0.378 e. The predicted molar refractivity (Wildman–Crippen MR) is 55.1 cm³/mol. The summed E-state index contributed by atoms with van der Waals surface area (Å²) in [7, 11) is 0. The first-order valence-corrected chi connectivity index (χ1v) is 4.76. The normalized spacial score (nSPS) is 17.0. The van der Waals surface area contributed by atoms with Crippen LogP contribution in [0, 0.1) is 0 Å². The lowest BCUT2D eigenvalue weighted by atomic mass is 10.1. The van der Waals surface area contributed by atoms with Crippen LogP contribution in [0.5, 0.6) is 0 Å². The average Bonchev–Trinajstić information content (AvgIpc) is 2.29. The minimum atomic E-state index is -0.550. The first-order chi connectivity index (χ1) is 7.25. The molecule has 0 aromatic heterocycles. The molecule has 1 aromatic carbocycles. The van der Waals surface area contributed by atoms with Crippen LogP contribution in [0.3, 0.4) is 0 Å². The van der Waals surface area contributed by atoms with Gasteiger partial charge in [0.15, 0.2) is 0 Å². The maximum absolute atomic E-state index is 11.3. The molecule has 0 amide bonds. The Balaban J connectivity index is 2.23. The van der Waals surface area contributed by atoms with E-state index in [-0.39, 0.29) is 12.4 Å². The number of aliphatic hydroxyl groups is 1. The highest BCUT2D eigenvalue weighted by Gasteiger charge is 2.26. The summed E-state index contributed by atoms with van der Waals surface area (Å²) in [5.74, 6) is 0. The summed E-state index contributed by atoms with van der Waals surface area (Å²) in [5, 5.41) is 11.2. The second kappa shape index (κ2) is 4.00. The smallest absolute Gasteiger partial charge is 0.253 e. The third-order valence-electron chi connectivity index (χ3n) is 2.47. The molecule has 0 atom stereocenters. The van der Waals surface area contributed by atoms with E-state index in [2.05, 4.69) is 5.32 Å². The molecule has 2 rings (SSSR count). The maximum atomic E-state index is 11.3. The van der Waals surface area contributed by atoms with E-state index in [0.29, 0.717) is 32.0 Å². The topological polar surface area (TPSA) is 78.9 Å². The standard InChI is InChI=1S/C9H12N2O4/c12-5-10-6-7(9(14)8(6)13)11-1-3-15-4-2-11/h10,12H,1-5H2. The number of hydrogen-bond acceptors (Lipinski definition) is 6. The molecule has 2 N–H and O–H groups in total. The lowest BCUT2D eigenvalue weighted by Crippen LogP contribution is -2.47.